The van der Waals surface area contributed by atoms with Crippen molar-refractivity contribution in [2.45, 2.75) is 0 Å². The minimum absolute atomic E-state index is 0.0752. The van der Waals surface area contributed by atoms with E-state index in [4.69, 9.17) is 0 Å². The fraction of sp³-hybridized carbons (Fsp3) is 0. The van der Waals surface area contributed by atoms with Crippen LogP contribution in [0.4, 0.5) is 8.78 Å². The number of halogens is 2. The van der Waals surface area contributed by atoms with Crippen LogP contribution in [0.2, 0.25) is 0 Å². The maximum Gasteiger partial charge on any atom is 0.141 e. The molecule has 0 amide bonds. The van der Waals surface area contributed by atoms with E-state index in [1.54, 1.807) is 12.2 Å². The van der Waals surface area contributed by atoms with Gasteiger partial charge in [0.1, 0.15) is 23.8 Å². The van der Waals surface area contributed by atoms with E-state index in [1.807, 2.05) is 12.1 Å². The van der Waals surface area contributed by atoms with Crippen LogP contribution in [-0.4, -0.2) is 0 Å². The van der Waals surface area contributed by atoms with Gasteiger partial charge in [0.15, 0.2) is 0 Å². The number of hydrogen-bond donors (Lipinski definition) is 0. The van der Waals surface area contributed by atoms with Crippen molar-refractivity contribution in [1.29, 1.82) is 52.6 Å². The van der Waals surface area contributed by atoms with Crippen LogP contribution in [-0.2, 0) is 0 Å². The molecule has 2 aliphatic rings. The maximum absolute atomic E-state index is 15.9. The van der Waals surface area contributed by atoms with Gasteiger partial charge in [0.2, 0.25) is 0 Å². The van der Waals surface area contributed by atoms with Crippen molar-refractivity contribution in [3.63, 3.8) is 0 Å². The molecule has 10 nitrogen and oxygen atoms in total. The van der Waals surface area contributed by atoms with Crippen molar-refractivity contribution in [1.82, 2.24) is 0 Å². The van der Waals surface area contributed by atoms with Gasteiger partial charge in [-0.1, -0.05) is 12.1 Å². The Balaban J connectivity index is 1.66. The molecular formula is C56H20F2N10. The third kappa shape index (κ3) is 7.77. The second-order valence-electron chi connectivity index (χ2n) is 15.1. The molecule has 8 rings (SSSR count). The lowest BCUT2D eigenvalue weighted by molar-refractivity contribution is 0.623. The monoisotopic (exact) mass is 870 g/mol. The van der Waals surface area contributed by atoms with Crippen molar-refractivity contribution in [2.75, 3.05) is 0 Å². The molecule has 0 aromatic heterocycles. The zero-order chi connectivity index (χ0) is 48.2. The molecule has 12 heteroatoms. The number of hydrogen-bond acceptors (Lipinski definition) is 10. The van der Waals surface area contributed by atoms with Crippen LogP contribution in [0.1, 0.15) is 89.0 Å². The Hall–Kier alpha value is -11.2. The summed E-state index contributed by atoms with van der Waals surface area (Å²) >= 11 is 0. The molecule has 0 N–H and O–H groups in total. The molecule has 6 aromatic rings. The van der Waals surface area contributed by atoms with Gasteiger partial charge < -0.3 is 0 Å². The molecule has 0 fully saturated rings. The fourth-order valence-electron chi connectivity index (χ4n) is 8.35. The summed E-state index contributed by atoms with van der Waals surface area (Å²) in [7, 11) is 0. The van der Waals surface area contributed by atoms with Crippen LogP contribution in [0.5, 0.6) is 0 Å². The number of allylic oxidation sites excluding steroid dienone is 8. The number of benzene rings is 6. The van der Waals surface area contributed by atoms with Crippen LogP contribution in [0.3, 0.4) is 0 Å². The minimum Gasteiger partial charge on any atom is -0.206 e. The van der Waals surface area contributed by atoms with Gasteiger partial charge in [-0.15, -0.1) is 0 Å². The third-order valence-corrected chi connectivity index (χ3v) is 11.2. The first kappa shape index (κ1) is 43.4. The third-order valence-electron chi connectivity index (χ3n) is 11.2. The molecule has 0 heterocycles. The topological polar surface area (TPSA) is 238 Å². The Morgan fingerprint density at radius 3 is 0.765 bits per heavy atom. The summed E-state index contributed by atoms with van der Waals surface area (Å²) in [5, 5.41) is 101. The lowest BCUT2D eigenvalue weighted by atomic mass is 9.82. The molecule has 308 valence electrons. The normalized spacial score (nSPS) is 11.9. The lowest BCUT2D eigenvalue weighted by Crippen LogP contribution is -2.02. The number of rotatable bonds is 6. The van der Waals surface area contributed by atoms with Crippen LogP contribution < -0.4 is 0 Å². The largest absolute Gasteiger partial charge is 0.206 e. The number of nitriles is 10. The summed E-state index contributed by atoms with van der Waals surface area (Å²) in [5.74, 6) is -1.74. The highest BCUT2D eigenvalue weighted by Crippen LogP contribution is 2.55. The first-order valence-electron chi connectivity index (χ1n) is 19.9. The van der Waals surface area contributed by atoms with Crippen molar-refractivity contribution in [3.8, 4) is 60.7 Å². The Kier molecular flexibility index (Phi) is 11.4. The van der Waals surface area contributed by atoms with Crippen molar-refractivity contribution >= 4 is 22.3 Å². The molecule has 0 atom stereocenters. The Morgan fingerprint density at radius 1 is 0.309 bits per heavy atom. The molecule has 0 saturated carbocycles. The molecule has 68 heavy (non-hydrogen) atoms. The molecule has 0 bridgehead atoms. The van der Waals surface area contributed by atoms with E-state index in [9.17, 15) is 52.6 Å². The number of nitrogens with zero attached hydrogens (tertiary/aromatic N) is 10. The van der Waals surface area contributed by atoms with E-state index in [0.29, 0.717) is 33.4 Å². The molecule has 0 radical (unpaired) electrons. The maximum atomic E-state index is 15.9. The van der Waals surface area contributed by atoms with Gasteiger partial charge in [0, 0.05) is 0 Å². The van der Waals surface area contributed by atoms with Crippen LogP contribution in [0.15, 0.2) is 144 Å². The summed E-state index contributed by atoms with van der Waals surface area (Å²) < 4.78 is 31.7. The van der Waals surface area contributed by atoms with Gasteiger partial charge in [0.05, 0.1) is 104 Å². The van der Waals surface area contributed by atoms with E-state index in [-0.39, 0.29) is 100 Å². The zero-order valence-corrected chi connectivity index (χ0v) is 34.8. The molecule has 0 spiro atoms. The average molecular weight is 871 g/mol. The van der Waals surface area contributed by atoms with Gasteiger partial charge in [-0.05, 0) is 187 Å². The summed E-state index contributed by atoms with van der Waals surface area (Å²) in [6.45, 7) is 0. The first-order valence-corrected chi connectivity index (χ1v) is 19.9. The van der Waals surface area contributed by atoms with Crippen LogP contribution >= 0.6 is 0 Å². The van der Waals surface area contributed by atoms with Gasteiger partial charge in [-0.25, -0.2) is 8.78 Å². The summed E-state index contributed by atoms with van der Waals surface area (Å²) in [6.07, 6.45) is 3.39. The highest BCUT2D eigenvalue weighted by atomic mass is 19.1. The lowest BCUT2D eigenvalue weighted by Gasteiger charge is -2.20. The SMILES string of the molecule is N#Cc1cc(C#N)cc(C(=C2C(c3ccc(C#N)c(F)c3)=CC3=C2C=C(c2ccc(C#N)c(F)c2)C3=C(c2cc(C#N)cc(C#N)c2)c2cc(C#N)cc(C#N)c2)c2cc(C#N)cc(C#N)c2)c1. The quantitative estimate of drug-likeness (QED) is 0.153. The predicted molar refractivity (Wildman–Crippen MR) is 241 cm³/mol. The van der Waals surface area contributed by atoms with Crippen LogP contribution in [0.25, 0.3) is 22.3 Å². The van der Waals surface area contributed by atoms with E-state index >= 15 is 8.78 Å². The van der Waals surface area contributed by atoms with E-state index < -0.39 is 11.6 Å². The van der Waals surface area contributed by atoms with Crippen molar-refractivity contribution in [2.24, 2.45) is 0 Å². The molecule has 2 aliphatic carbocycles. The molecule has 0 aliphatic heterocycles. The molecule has 0 saturated heterocycles. The Labute approximate surface area is 387 Å². The van der Waals surface area contributed by atoms with Gasteiger partial charge in [0.25, 0.3) is 0 Å². The summed E-state index contributed by atoms with van der Waals surface area (Å²) in [4.78, 5) is 0. The zero-order valence-electron chi connectivity index (χ0n) is 34.8. The van der Waals surface area contributed by atoms with Crippen LogP contribution in [0, 0.1) is 125 Å². The van der Waals surface area contributed by atoms with Gasteiger partial charge in [-0.3, -0.25) is 0 Å². The highest BCUT2D eigenvalue weighted by Gasteiger charge is 2.36. The van der Waals surface area contributed by atoms with E-state index in [1.165, 1.54) is 97.1 Å². The average Bonchev–Trinajstić information content (AvgIpc) is 3.92. The summed E-state index contributed by atoms with van der Waals surface area (Å²) in [5.41, 5.74) is 4.06. The second-order valence-corrected chi connectivity index (χ2v) is 15.1. The van der Waals surface area contributed by atoms with E-state index in [0.717, 1.165) is 12.1 Å². The Morgan fingerprint density at radius 2 is 0.559 bits per heavy atom. The first-order chi connectivity index (χ1) is 33.0. The molecule has 0 unspecified atom stereocenters. The molecule has 6 aromatic carbocycles. The fourth-order valence-corrected chi connectivity index (χ4v) is 8.35. The Bertz CT molecular complexity index is 3400. The highest BCUT2D eigenvalue weighted by molar-refractivity contribution is 6.13. The van der Waals surface area contributed by atoms with Gasteiger partial charge >= 0.3 is 0 Å². The summed E-state index contributed by atoms with van der Waals surface area (Å²) in [6, 6.07) is 45.8. The smallest absolute Gasteiger partial charge is 0.141 e. The second kappa shape index (κ2) is 17.9. The standard InChI is InChI=1S/C56H20F2N10/c57-51-17-39(1-3-41(51)29-67)47-19-49-50(55(47)53(43-9-31(21-59)5-32(10-43)22-60)44-11-33(23-61)6-34(12-44)24-62)20-48(40-2-4-42(30-68)52(58)18-40)56(49)54(45-13-35(25-63)7-36(14-45)26-64)46-15-37(27-65)8-38(16-46)28-66/h1-20H. The molecular weight excluding hydrogens is 851 g/mol. The predicted octanol–water partition coefficient (Wildman–Crippen LogP) is 10.5. The van der Waals surface area contributed by atoms with Crippen molar-refractivity contribution < 1.29 is 8.78 Å². The minimum atomic E-state index is -0.870. The van der Waals surface area contributed by atoms with E-state index in [2.05, 4.69) is 48.6 Å². The van der Waals surface area contributed by atoms with Gasteiger partial charge in [-0.2, -0.15) is 52.6 Å². The van der Waals surface area contributed by atoms with Crippen molar-refractivity contribution in [3.05, 3.63) is 244 Å².